The van der Waals surface area contributed by atoms with E-state index in [0.717, 1.165) is 22.0 Å². The SMILES string of the molecule is O=C(Nc1nc(-c2ccccn2)cs1)c1cnc(-c2ccccc2)s1. The highest BCUT2D eigenvalue weighted by atomic mass is 32.1. The van der Waals surface area contributed by atoms with Gasteiger partial charge in [0.15, 0.2) is 5.13 Å². The van der Waals surface area contributed by atoms with Crippen molar-refractivity contribution in [1.29, 1.82) is 0 Å². The largest absolute Gasteiger partial charge is 0.297 e. The second kappa shape index (κ2) is 6.92. The van der Waals surface area contributed by atoms with Crippen LogP contribution in [-0.2, 0) is 0 Å². The Morgan fingerprint density at radius 2 is 1.80 bits per heavy atom. The summed E-state index contributed by atoms with van der Waals surface area (Å²) in [6, 6.07) is 15.4. The predicted octanol–water partition coefficient (Wildman–Crippen LogP) is 4.58. The molecule has 122 valence electrons. The van der Waals surface area contributed by atoms with E-state index < -0.39 is 0 Å². The molecular weight excluding hydrogens is 352 g/mol. The number of anilines is 1. The minimum Gasteiger partial charge on any atom is -0.297 e. The summed E-state index contributed by atoms with van der Waals surface area (Å²) < 4.78 is 0. The third kappa shape index (κ3) is 3.47. The van der Waals surface area contributed by atoms with Crippen LogP contribution in [0.1, 0.15) is 9.67 Å². The van der Waals surface area contributed by atoms with Crippen molar-refractivity contribution in [2.24, 2.45) is 0 Å². The van der Waals surface area contributed by atoms with Crippen LogP contribution in [0.4, 0.5) is 5.13 Å². The number of aromatic nitrogens is 3. The van der Waals surface area contributed by atoms with Crippen LogP contribution in [0.2, 0.25) is 0 Å². The number of pyridine rings is 1. The number of carbonyl (C=O) groups excluding carboxylic acids is 1. The number of benzene rings is 1. The molecule has 0 radical (unpaired) electrons. The fourth-order valence-electron chi connectivity index (χ4n) is 2.22. The van der Waals surface area contributed by atoms with E-state index in [1.165, 1.54) is 22.7 Å². The number of nitrogens with zero attached hydrogens (tertiary/aromatic N) is 3. The Morgan fingerprint density at radius 1 is 0.960 bits per heavy atom. The maximum absolute atomic E-state index is 12.4. The number of nitrogens with one attached hydrogen (secondary N) is 1. The second-order valence-corrected chi connectivity index (χ2v) is 6.99. The molecule has 1 amide bonds. The van der Waals surface area contributed by atoms with Crippen LogP contribution < -0.4 is 5.32 Å². The maximum atomic E-state index is 12.4. The fourth-order valence-corrected chi connectivity index (χ4v) is 3.73. The molecule has 0 fully saturated rings. The van der Waals surface area contributed by atoms with Gasteiger partial charge in [-0.3, -0.25) is 15.1 Å². The van der Waals surface area contributed by atoms with Crippen molar-refractivity contribution in [3.63, 3.8) is 0 Å². The van der Waals surface area contributed by atoms with E-state index in [0.29, 0.717) is 10.0 Å². The van der Waals surface area contributed by atoms with Gasteiger partial charge in [-0.05, 0) is 12.1 Å². The van der Waals surface area contributed by atoms with Gasteiger partial charge in [-0.15, -0.1) is 22.7 Å². The molecule has 25 heavy (non-hydrogen) atoms. The normalized spacial score (nSPS) is 10.6. The first-order chi connectivity index (χ1) is 12.3. The van der Waals surface area contributed by atoms with Crippen LogP contribution in [0.3, 0.4) is 0 Å². The van der Waals surface area contributed by atoms with E-state index in [2.05, 4.69) is 20.3 Å². The summed E-state index contributed by atoms with van der Waals surface area (Å²) >= 11 is 2.73. The molecule has 0 saturated carbocycles. The lowest BCUT2D eigenvalue weighted by molar-refractivity contribution is 0.103. The zero-order valence-corrected chi connectivity index (χ0v) is 14.6. The third-order valence-corrected chi connectivity index (χ3v) is 5.21. The van der Waals surface area contributed by atoms with Crippen molar-refractivity contribution in [3.05, 3.63) is 71.2 Å². The molecule has 3 heterocycles. The number of hydrogen-bond acceptors (Lipinski definition) is 6. The highest BCUT2D eigenvalue weighted by Gasteiger charge is 2.14. The zero-order valence-electron chi connectivity index (χ0n) is 12.9. The van der Waals surface area contributed by atoms with E-state index >= 15 is 0 Å². The van der Waals surface area contributed by atoms with Crippen molar-refractivity contribution in [2.75, 3.05) is 5.32 Å². The smallest absolute Gasteiger partial charge is 0.269 e. The van der Waals surface area contributed by atoms with E-state index in [-0.39, 0.29) is 5.91 Å². The summed E-state index contributed by atoms with van der Waals surface area (Å²) in [6.07, 6.45) is 3.31. The molecule has 1 aromatic carbocycles. The van der Waals surface area contributed by atoms with Crippen molar-refractivity contribution < 1.29 is 4.79 Å². The van der Waals surface area contributed by atoms with Gasteiger partial charge in [-0.1, -0.05) is 36.4 Å². The van der Waals surface area contributed by atoms with Gasteiger partial charge in [0, 0.05) is 17.1 Å². The molecule has 0 aliphatic rings. The molecule has 3 aromatic heterocycles. The quantitative estimate of drug-likeness (QED) is 0.575. The summed E-state index contributed by atoms with van der Waals surface area (Å²) in [5, 5.41) is 6.06. The van der Waals surface area contributed by atoms with Gasteiger partial charge < -0.3 is 0 Å². The molecular formula is C18H12N4OS2. The predicted molar refractivity (Wildman–Crippen MR) is 101 cm³/mol. The molecule has 0 aliphatic heterocycles. The Balaban J connectivity index is 1.50. The molecule has 0 unspecified atom stereocenters. The van der Waals surface area contributed by atoms with E-state index in [9.17, 15) is 4.79 Å². The zero-order chi connectivity index (χ0) is 17.1. The molecule has 4 rings (SSSR count). The summed E-state index contributed by atoms with van der Waals surface area (Å²) in [6.45, 7) is 0. The minimum atomic E-state index is -0.207. The molecule has 0 aliphatic carbocycles. The average molecular weight is 364 g/mol. The summed E-state index contributed by atoms with van der Waals surface area (Å²) in [5.74, 6) is -0.207. The van der Waals surface area contributed by atoms with Gasteiger partial charge in [0.2, 0.25) is 0 Å². The van der Waals surface area contributed by atoms with E-state index in [1.54, 1.807) is 12.4 Å². The fraction of sp³-hybridized carbons (Fsp3) is 0. The van der Waals surface area contributed by atoms with Crippen LogP contribution in [0.15, 0.2) is 66.3 Å². The average Bonchev–Trinajstić information content (AvgIpc) is 3.33. The third-order valence-electron chi connectivity index (χ3n) is 3.40. The molecule has 0 spiro atoms. The number of thiazole rings is 2. The Labute approximate surface area is 152 Å². The van der Waals surface area contributed by atoms with Crippen LogP contribution >= 0.6 is 22.7 Å². The lowest BCUT2D eigenvalue weighted by Gasteiger charge is -1.98. The van der Waals surface area contributed by atoms with Crippen LogP contribution in [0, 0.1) is 0 Å². The lowest BCUT2D eigenvalue weighted by atomic mass is 10.2. The van der Waals surface area contributed by atoms with Crippen molar-refractivity contribution in [3.8, 4) is 22.0 Å². The van der Waals surface area contributed by atoms with E-state index in [4.69, 9.17) is 0 Å². The first kappa shape index (κ1) is 15.6. The Hall–Kier alpha value is -2.90. The van der Waals surface area contributed by atoms with Crippen LogP contribution in [-0.4, -0.2) is 20.9 Å². The van der Waals surface area contributed by atoms with Crippen molar-refractivity contribution in [1.82, 2.24) is 15.0 Å². The lowest BCUT2D eigenvalue weighted by Crippen LogP contribution is -2.09. The van der Waals surface area contributed by atoms with Crippen molar-refractivity contribution in [2.45, 2.75) is 0 Å². The summed E-state index contributed by atoms with van der Waals surface area (Å²) in [5.41, 5.74) is 2.52. The summed E-state index contributed by atoms with van der Waals surface area (Å²) in [4.78, 5) is 26.0. The number of amides is 1. The number of hydrogen-bond donors (Lipinski definition) is 1. The van der Waals surface area contributed by atoms with Gasteiger partial charge in [0.05, 0.1) is 11.9 Å². The molecule has 4 aromatic rings. The Kier molecular flexibility index (Phi) is 4.32. The maximum Gasteiger partial charge on any atom is 0.269 e. The first-order valence-corrected chi connectivity index (χ1v) is 9.19. The van der Waals surface area contributed by atoms with E-state index in [1.807, 2.05) is 53.9 Å². The van der Waals surface area contributed by atoms with Gasteiger partial charge in [-0.2, -0.15) is 0 Å². The number of carbonyl (C=O) groups is 1. The minimum absolute atomic E-state index is 0.207. The Morgan fingerprint density at radius 3 is 2.60 bits per heavy atom. The van der Waals surface area contributed by atoms with Gasteiger partial charge in [0.25, 0.3) is 5.91 Å². The van der Waals surface area contributed by atoms with Gasteiger partial charge >= 0.3 is 0 Å². The highest BCUT2D eigenvalue weighted by molar-refractivity contribution is 7.17. The van der Waals surface area contributed by atoms with Crippen molar-refractivity contribution >= 4 is 33.7 Å². The van der Waals surface area contributed by atoms with Crippen LogP contribution in [0.5, 0.6) is 0 Å². The van der Waals surface area contributed by atoms with Crippen LogP contribution in [0.25, 0.3) is 22.0 Å². The second-order valence-electron chi connectivity index (χ2n) is 5.10. The molecule has 0 saturated heterocycles. The molecule has 0 bridgehead atoms. The number of rotatable bonds is 4. The topological polar surface area (TPSA) is 67.8 Å². The molecule has 5 nitrogen and oxygen atoms in total. The van der Waals surface area contributed by atoms with Gasteiger partial charge in [-0.25, -0.2) is 9.97 Å². The molecule has 0 atom stereocenters. The molecule has 1 N–H and O–H groups in total. The standard InChI is InChI=1S/C18H12N4OS2/c23-16(15-10-20-17(25-15)12-6-2-1-3-7-12)22-18-21-14(11-24-18)13-8-4-5-9-19-13/h1-11H,(H,21,22,23). The summed E-state index contributed by atoms with van der Waals surface area (Å²) in [7, 11) is 0. The van der Waals surface area contributed by atoms with Gasteiger partial charge in [0.1, 0.15) is 15.6 Å². The first-order valence-electron chi connectivity index (χ1n) is 7.49. The molecule has 7 heteroatoms. The highest BCUT2D eigenvalue weighted by Crippen LogP contribution is 2.27. The monoisotopic (exact) mass is 364 g/mol. The Bertz CT molecular complexity index is 996.